The number of hydrogen-bond acceptors (Lipinski definition) is 3. The van der Waals surface area contributed by atoms with Gasteiger partial charge >= 0.3 is 5.69 Å². The number of aromatic amines is 1. The predicted molar refractivity (Wildman–Crippen MR) is 63.3 cm³/mol. The number of nitrogens with one attached hydrogen (secondary N) is 1. The molecule has 2 heterocycles. The van der Waals surface area contributed by atoms with Crippen molar-refractivity contribution in [3.05, 3.63) is 28.7 Å². The van der Waals surface area contributed by atoms with Gasteiger partial charge in [0.1, 0.15) is 5.75 Å². The minimum atomic E-state index is -0.113. The van der Waals surface area contributed by atoms with Crippen molar-refractivity contribution in [3.63, 3.8) is 0 Å². The topological polar surface area (TPSA) is 67.2 Å². The molecule has 0 atom stereocenters. The summed E-state index contributed by atoms with van der Waals surface area (Å²) in [5.74, 6) is 0.178. The maximum atomic E-state index is 11.9. The van der Waals surface area contributed by atoms with Gasteiger partial charge in [0.25, 0.3) is 0 Å². The molecule has 0 amide bonds. The molecule has 17 heavy (non-hydrogen) atoms. The minimum absolute atomic E-state index is 0.113. The van der Waals surface area contributed by atoms with Crippen molar-refractivity contribution in [1.29, 1.82) is 0 Å². The van der Waals surface area contributed by atoms with E-state index in [1.807, 2.05) is 0 Å². The van der Waals surface area contributed by atoms with E-state index in [1.54, 1.807) is 22.8 Å². The second-order valence-corrected chi connectivity index (χ2v) is 4.35. The van der Waals surface area contributed by atoms with Crippen LogP contribution in [0.15, 0.2) is 23.0 Å². The first kappa shape index (κ1) is 10.4. The lowest BCUT2D eigenvalue weighted by Crippen LogP contribution is -2.27. The van der Waals surface area contributed by atoms with Crippen LogP contribution in [-0.2, 0) is 4.74 Å². The molecule has 2 N–H and O–H groups in total. The summed E-state index contributed by atoms with van der Waals surface area (Å²) in [6.45, 7) is 1.37. The molecule has 1 saturated heterocycles. The smallest absolute Gasteiger partial charge is 0.326 e. The van der Waals surface area contributed by atoms with Crippen LogP contribution in [-0.4, -0.2) is 27.9 Å². The lowest BCUT2D eigenvalue weighted by molar-refractivity contribution is 0.0698. The summed E-state index contributed by atoms with van der Waals surface area (Å²) < 4.78 is 7.03. The molecule has 2 aromatic rings. The number of imidazole rings is 1. The fourth-order valence-electron chi connectivity index (χ4n) is 2.42. The third kappa shape index (κ3) is 1.72. The van der Waals surface area contributed by atoms with Gasteiger partial charge in [-0.3, -0.25) is 4.57 Å². The summed E-state index contributed by atoms with van der Waals surface area (Å²) in [4.78, 5) is 14.7. The Hall–Kier alpha value is -1.75. The third-order valence-corrected chi connectivity index (χ3v) is 3.26. The Bertz CT molecular complexity index is 593. The quantitative estimate of drug-likeness (QED) is 0.783. The van der Waals surface area contributed by atoms with Gasteiger partial charge in [-0.2, -0.15) is 0 Å². The van der Waals surface area contributed by atoms with Crippen molar-refractivity contribution >= 4 is 11.0 Å². The van der Waals surface area contributed by atoms with Crippen LogP contribution in [0, 0.1) is 0 Å². The zero-order chi connectivity index (χ0) is 11.8. The van der Waals surface area contributed by atoms with Crippen LogP contribution >= 0.6 is 0 Å². The van der Waals surface area contributed by atoms with Crippen molar-refractivity contribution in [2.24, 2.45) is 0 Å². The van der Waals surface area contributed by atoms with Gasteiger partial charge in [-0.15, -0.1) is 0 Å². The van der Waals surface area contributed by atoms with Crippen LogP contribution in [0.2, 0.25) is 0 Å². The SMILES string of the molecule is O=c1[nH]c2ccc(O)cc2n1C1CCOCC1. The fraction of sp³-hybridized carbons (Fsp3) is 0.417. The molecule has 0 unspecified atom stereocenters. The number of fused-ring (bicyclic) bond motifs is 1. The number of H-pyrrole nitrogens is 1. The lowest BCUT2D eigenvalue weighted by atomic mass is 10.1. The van der Waals surface area contributed by atoms with Crippen LogP contribution in [0.5, 0.6) is 5.75 Å². The summed E-state index contributed by atoms with van der Waals surface area (Å²) in [5, 5.41) is 9.51. The number of hydrogen-bond donors (Lipinski definition) is 2. The number of nitrogens with zero attached hydrogens (tertiary/aromatic N) is 1. The average molecular weight is 234 g/mol. The summed E-state index contributed by atoms with van der Waals surface area (Å²) in [7, 11) is 0. The maximum Gasteiger partial charge on any atom is 0.326 e. The highest BCUT2D eigenvalue weighted by molar-refractivity contribution is 5.77. The number of aromatic hydroxyl groups is 1. The van der Waals surface area contributed by atoms with Gasteiger partial charge in [0.2, 0.25) is 0 Å². The molecule has 0 aliphatic carbocycles. The zero-order valence-corrected chi connectivity index (χ0v) is 9.35. The maximum absolute atomic E-state index is 11.9. The molecule has 0 bridgehead atoms. The lowest BCUT2D eigenvalue weighted by Gasteiger charge is -2.23. The number of rotatable bonds is 1. The van der Waals surface area contributed by atoms with E-state index < -0.39 is 0 Å². The van der Waals surface area contributed by atoms with Gasteiger partial charge in [0.05, 0.1) is 11.0 Å². The molecule has 5 nitrogen and oxygen atoms in total. The molecular weight excluding hydrogens is 220 g/mol. The van der Waals surface area contributed by atoms with Gasteiger partial charge in [-0.1, -0.05) is 0 Å². The highest BCUT2D eigenvalue weighted by Crippen LogP contribution is 2.25. The van der Waals surface area contributed by atoms with Gasteiger partial charge < -0.3 is 14.8 Å². The van der Waals surface area contributed by atoms with Crippen LogP contribution < -0.4 is 5.69 Å². The molecule has 0 saturated carbocycles. The molecule has 1 fully saturated rings. The molecular formula is C12H14N2O3. The number of aromatic nitrogens is 2. The highest BCUT2D eigenvalue weighted by atomic mass is 16.5. The average Bonchev–Trinajstić information content (AvgIpc) is 2.65. The molecule has 1 aliphatic heterocycles. The van der Waals surface area contributed by atoms with Gasteiger partial charge in [0.15, 0.2) is 0 Å². The normalized spacial score (nSPS) is 17.6. The Morgan fingerprint density at radius 2 is 2.12 bits per heavy atom. The summed E-state index contributed by atoms with van der Waals surface area (Å²) in [6.07, 6.45) is 1.67. The Balaban J connectivity index is 2.16. The van der Waals surface area contributed by atoms with E-state index in [1.165, 1.54) is 0 Å². The van der Waals surface area contributed by atoms with E-state index in [4.69, 9.17) is 4.74 Å². The van der Waals surface area contributed by atoms with Gasteiger partial charge in [-0.05, 0) is 25.0 Å². The second-order valence-electron chi connectivity index (χ2n) is 4.35. The molecule has 1 aliphatic rings. The molecule has 0 radical (unpaired) electrons. The van der Waals surface area contributed by atoms with Crippen LogP contribution in [0.1, 0.15) is 18.9 Å². The predicted octanol–water partition coefficient (Wildman–Crippen LogP) is 1.39. The number of ether oxygens (including phenoxy) is 1. The first-order valence-corrected chi connectivity index (χ1v) is 5.77. The molecule has 90 valence electrons. The Morgan fingerprint density at radius 3 is 2.88 bits per heavy atom. The molecule has 0 spiro atoms. The number of phenolic OH excluding ortho intramolecular Hbond substituents is 1. The number of benzene rings is 1. The van der Waals surface area contributed by atoms with E-state index in [9.17, 15) is 9.90 Å². The van der Waals surface area contributed by atoms with Crippen LogP contribution in [0.25, 0.3) is 11.0 Å². The van der Waals surface area contributed by atoms with Crippen molar-refractivity contribution in [3.8, 4) is 5.75 Å². The largest absolute Gasteiger partial charge is 0.508 e. The van der Waals surface area contributed by atoms with Crippen molar-refractivity contribution in [1.82, 2.24) is 9.55 Å². The summed E-state index contributed by atoms with van der Waals surface area (Å²) in [6, 6.07) is 5.09. The minimum Gasteiger partial charge on any atom is -0.508 e. The first-order chi connectivity index (χ1) is 8.25. The summed E-state index contributed by atoms with van der Waals surface area (Å²) in [5.41, 5.74) is 1.42. The van der Waals surface area contributed by atoms with Gasteiger partial charge in [0, 0.05) is 25.3 Å². The Morgan fingerprint density at radius 1 is 1.35 bits per heavy atom. The van der Waals surface area contributed by atoms with Crippen LogP contribution in [0.4, 0.5) is 0 Å². The molecule has 1 aromatic carbocycles. The monoisotopic (exact) mass is 234 g/mol. The zero-order valence-electron chi connectivity index (χ0n) is 9.35. The van der Waals surface area contributed by atoms with Crippen LogP contribution in [0.3, 0.4) is 0 Å². The van der Waals surface area contributed by atoms with Crippen molar-refractivity contribution in [2.75, 3.05) is 13.2 Å². The highest BCUT2D eigenvalue weighted by Gasteiger charge is 2.20. The Labute approximate surface area is 97.6 Å². The van der Waals surface area contributed by atoms with E-state index >= 15 is 0 Å². The molecule has 3 rings (SSSR count). The van der Waals surface area contributed by atoms with Crippen molar-refractivity contribution in [2.45, 2.75) is 18.9 Å². The summed E-state index contributed by atoms with van der Waals surface area (Å²) >= 11 is 0. The molecule has 1 aromatic heterocycles. The first-order valence-electron chi connectivity index (χ1n) is 5.77. The third-order valence-electron chi connectivity index (χ3n) is 3.26. The van der Waals surface area contributed by atoms with E-state index in [-0.39, 0.29) is 17.5 Å². The fourth-order valence-corrected chi connectivity index (χ4v) is 2.42. The van der Waals surface area contributed by atoms with E-state index in [0.717, 1.165) is 23.9 Å². The number of phenols is 1. The molecule has 5 heteroatoms. The van der Waals surface area contributed by atoms with Crippen molar-refractivity contribution < 1.29 is 9.84 Å². The second kappa shape index (κ2) is 3.92. The van der Waals surface area contributed by atoms with E-state index in [0.29, 0.717) is 13.2 Å². The standard InChI is InChI=1S/C12H14N2O3/c15-9-1-2-10-11(7-9)14(12(16)13-10)8-3-5-17-6-4-8/h1-2,7-8,15H,3-6H2,(H,13,16). The van der Waals surface area contributed by atoms with E-state index in [2.05, 4.69) is 4.98 Å². The van der Waals surface area contributed by atoms with Gasteiger partial charge in [-0.25, -0.2) is 4.79 Å². The Kier molecular flexibility index (Phi) is 2.40.